The summed E-state index contributed by atoms with van der Waals surface area (Å²) in [6.45, 7) is 3.29. The van der Waals surface area contributed by atoms with Crippen LogP contribution in [-0.2, 0) is 19.1 Å². The Morgan fingerprint density at radius 1 is 1.42 bits per heavy atom. The van der Waals surface area contributed by atoms with Crippen LogP contribution >= 0.6 is 0 Å². The summed E-state index contributed by atoms with van der Waals surface area (Å²) < 4.78 is 9.24. The number of carbonyl (C=O) groups excluding carboxylic acids is 2. The summed E-state index contributed by atoms with van der Waals surface area (Å²) in [6.07, 6.45) is 1.05. The van der Waals surface area contributed by atoms with E-state index in [1.165, 1.54) is 0 Å². The number of hydrogen-bond acceptors (Lipinski definition) is 4. The molecule has 0 aliphatic rings. The van der Waals surface area contributed by atoms with E-state index in [9.17, 15) is 9.59 Å². The molecule has 0 rings (SSSR count). The van der Waals surface area contributed by atoms with E-state index in [4.69, 9.17) is 10.5 Å². The summed E-state index contributed by atoms with van der Waals surface area (Å²) in [6, 6.07) is 0. The standard InChI is InChI=1S/C7H11NO4/c1-2-7(10)12-4-3-11-5-6(8)9/h2H,1,3-5H2,(H2,8,9). The summed E-state index contributed by atoms with van der Waals surface area (Å²) in [7, 11) is 0. The molecule has 0 spiro atoms. The van der Waals surface area contributed by atoms with Crippen molar-refractivity contribution in [3.8, 4) is 0 Å². The van der Waals surface area contributed by atoms with E-state index in [-0.39, 0.29) is 19.8 Å². The minimum Gasteiger partial charge on any atom is -0.460 e. The number of amides is 1. The van der Waals surface area contributed by atoms with Crippen molar-refractivity contribution < 1.29 is 19.1 Å². The van der Waals surface area contributed by atoms with Gasteiger partial charge in [-0.05, 0) is 0 Å². The predicted molar refractivity (Wildman–Crippen MR) is 41.2 cm³/mol. The van der Waals surface area contributed by atoms with Gasteiger partial charge >= 0.3 is 5.97 Å². The number of hydrogen-bond donors (Lipinski definition) is 1. The average molecular weight is 173 g/mol. The lowest BCUT2D eigenvalue weighted by Gasteiger charge is -2.01. The second-order valence-electron chi connectivity index (χ2n) is 1.89. The molecule has 0 aromatic carbocycles. The summed E-state index contributed by atoms with van der Waals surface area (Å²) in [4.78, 5) is 20.5. The minimum absolute atomic E-state index is 0.0954. The van der Waals surface area contributed by atoms with E-state index < -0.39 is 11.9 Å². The van der Waals surface area contributed by atoms with Crippen LogP contribution < -0.4 is 5.73 Å². The zero-order valence-corrected chi connectivity index (χ0v) is 6.62. The number of primary amides is 1. The van der Waals surface area contributed by atoms with Gasteiger partial charge in [-0.2, -0.15) is 0 Å². The highest BCUT2D eigenvalue weighted by Crippen LogP contribution is 1.80. The predicted octanol–water partition coefficient (Wildman–Crippen LogP) is -0.783. The zero-order valence-electron chi connectivity index (χ0n) is 6.62. The highest BCUT2D eigenvalue weighted by molar-refractivity contribution is 5.81. The van der Waals surface area contributed by atoms with Crippen LogP contribution in [0.5, 0.6) is 0 Å². The van der Waals surface area contributed by atoms with Crippen LogP contribution in [0.4, 0.5) is 0 Å². The zero-order chi connectivity index (χ0) is 9.40. The SMILES string of the molecule is C=CC(=O)OCCOCC(N)=O. The highest BCUT2D eigenvalue weighted by Gasteiger charge is 1.96. The van der Waals surface area contributed by atoms with Crippen molar-refractivity contribution in [2.75, 3.05) is 19.8 Å². The summed E-state index contributed by atoms with van der Waals surface area (Å²) in [5.74, 6) is -1.07. The molecule has 0 heterocycles. The van der Waals surface area contributed by atoms with Crippen molar-refractivity contribution in [1.82, 2.24) is 0 Å². The summed E-state index contributed by atoms with van der Waals surface area (Å²) >= 11 is 0. The number of esters is 1. The molecule has 1 amide bonds. The van der Waals surface area contributed by atoms with Gasteiger partial charge in [-0.25, -0.2) is 4.79 Å². The van der Waals surface area contributed by atoms with E-state index in [1.54, 1.807) is 0 Å². The van der Waals surface area contributed by atoms with Crippen molar-refractivity contribution in [3.05, 3.63) is 12.7 Å². The van der Waals surface area contributed by atoms with Gasteiger partial charge in [0, 0.05) is 6.08 Å². The Balaban J connectivity index is 3.16. The Morgan fingerprint density at radius 2 is 2.08 bits per heavy atom. The third-order valence-electron chi connectivity index (χ3n) is 0.883. The van der Waals surface area contributed by atoms with E-state index in [2.05, 4.69) is 11.3 Å². The molecule has 0 saturated heterocycles. The molecule has 0 unspecified atom stereocenters. The monoisotopic (exact) mass is 173 g/mol. The lowest BCUT2D eigenvalue weighted by Crippen LogP contribution is -2.20. The number of nitrogens with two attached hydrogens (primary N) is 1. The second-order valence-corrected chi connectivity index (χ2v) is 1.89. The lowest BCUT2D eigenvalue weighted by atomic mass is 10.6. The molecule has 0 radical (unpaired) electrons. The fourth-order valence-corrected chi connectivity index (χ4v) is 0.433. The first-order chi connectivity index (χ1) is 5.66. The van der Waals surface area contributed by atoms with Gasteiger partial charge in [0.05, 0.1) is 6.61 Å². The van der Waals surface area contributed by atoms with Gasteiger partial charge in [-0.15, -0.1) is 0 Å². The maximum Gasteiger partial charge on any atom is 0.330 e. The molecule has 12 heavy (non-hydrogen) atoms. The Labute approximate surface area is 70.1 Å². The third-order valence-corrected chi connectivity index (χ3v) is 0.883. The normalized spacial score (nSPS) is 9.00. The molecule has 5 heteroatoms. The van der Waals surface area contributed by atoms with Crippen molar-refractivity contribution >= 4 is 11.9 Å². The second kappa shape index (κ2) is 6.36. The summed E-state index contributed by atoms with van der Waals surface area (Å²) in [5, 5.41) is 0. The first kappa shape index (κ1) is 10.6. The molecule has 0 fully saturated rings. The topological polar surface area (TPSA) is 78.6 Å². The van der Waals surface area contributed by atoms with E-state index in [1.807, 2.05) is 0 Å². The molecule has 0 aliphatic carbocycles. The van der Waals surface area contributed by atoms with E-state index >= 15 is 0 Å². The molecule has 2 N–H and O–H groups in total. The molecule has 5 nitrogen and oxygen atoms in total. The number of rotatable bonds is 6. The molecule has 0 aliphatic heterocycles. The summed E-state index contributed by atoms with van der Waals surface area (Å²) in [5.41, 5.74) is 4.77. The van der Waals surface area contributed by atoms with Crippen LogP contribution in [0.15, 0.2) is 12.7 Å². The maximum atomic E-state index is 10.4. The van der Waals surface area contributed by atoms with Gasteiger partial charge in [0.1, 0.15) is 13.2 Å². The van der Waals surface area contributed by atoms with Crippen molar-refractivity contribution in [2.24, 2.45) is 5.73 Å². The quantitative estimate of drug-likeness (QED) is 0.324. The minimum atomic E-state index is -0.551. The van der Waals surface area contributed by atoms with E-state index in [0.717, 1.165) is 6.08 Å². The van der Waals surface area contributed by atoms with Crippen molar-refractivity contribution in [2.45, 2.75) is 0 Å². The largest absolute Gasteiger partial charge is 0.460 e. The Kier molecular flexibility index (Phi) is 5.64. The van der Waals surface area contributed by atoms with Crippen LogP contribution in [0.2, 0.25) is 0 Å². The highest BCUT2D eigenvalue weighted by atomic mass is 16.6. The van der Waals surface area contributed by atoms with Crippen molar-refractivity contribution in [3.63, 3.8) is 0 Å². The maximum absolute atomic E-state index is 10.4. The molecular formula is C7H11NO4. The molecular weight excluding hydrogens is 162 g/mol. The average Bonchev–Trinajstić information content (AvgIpc) is 2.03. The lowest BCUT2D eigenvalue weighted by molar-refractivity contribution is -0.139. The molecule has 0 saturated carbocycles. The van der Waals surface area contributed by atoms with Crippen molar-refractivity contribution in [1.29, 1.82) is 0 Å². The smallest absolute Gasteiger partial charge is 0.330 e. The molecule has 0 aromatic rings. The van der Waals surface area contributed by atoms with Gasteiger partial charge < -0.3 is 15.2 Å². The fourth-order valence-electron chi connectivity index (χ4n) is 0.433. The van der Waals surface area contributed by atoms with Crippen LogP contribution in [0.1, 0.15) is 0 Å². The van der Waals surface area contributed by atoms with Gasteiger partial charge in [0.2, 0.25) is 5.91 Å². The third kappa shape index (κ3) is 6.76. The molecule has 68 valence electrons. The first-order valence-corrected chi connectivity index (χ1v) is 3.32. The molecule has 0 aromatic heterocycles. The van der Waals surface area contributed by atoms with Gasteiger partial charge in [0.25, 0.3) is 0 Å². The first-order valence-electron chi connectivity index (χ1n) is 3.32. The fraction of sp³-hybridized carbons (Fsp3) is 0.429. The van der Waals surface area contributed by atoms with Crippen LogP contribution in [0.3, 0.4) is 0 Å². The Hall–Kier alpha value is -1.36. The number of ether oxygens (including phenoxy) is 2. The Bertz CT molecular complexity index is 178. The van der Waals surface area contributed by atoms with E-state index in [0.29, 0.717) is 0 Å². The van der Waals surface area contributed by atoms with Gasteiger partial charge in [-0.1, -0.05) is 6.58 Å². The molecule has 0 bridgehead atoms. The van der Waals surface area contributed by atoms with Crippen LogP contribution in [-0.4, -0.2) is 31.7 Å². The van der Waals surface area contributed by atoms with Crippen LogP contribution in [0.25, 0.3) is 0 Å². The van der Waals surface area contributed by atoms with Gasteiger partial charge in [0.15, 0.2) is 0 Å². The Morgan fingerprint density at radius 3 is 2.58 bits per heavy atom. The van der Waals surface area contributed by atoms with Gasteiger partial charge in [-0.3, -0.25) is 4.79 Å². The van der Waals surface area contributed by atoms with Crippen LogP contribution in [0, 0.1) is 0 Å². The number of carbonyl (C=O) groups is 2. The molecule has 0 atom stereocenters.